The Balaban J connectivity index is 2.83. The molecule has 0 radical (unpaired) electrons. The summed E-state index contributed by atoms with van der Waals surface area (Å²) in [5.41, 5.74) is 2.47. The monoisotopic (exact) mass is 203 g/mol. The first-order valence-electron chi connectivity index (χ1n) is 4.97. The van der Waals surface area contributed by atoms with Gasteiger partial charge in [-0.3, -0.25) is 0 Å². The van der Waals surface area contributed by atoms with Gasteiger partial charge in [0, 0.05) is 23.1 Å². The number of rotatable bonds is 2. The molecule has 0 saturated heterocycles. The summed E-state index contributed by atoms with van der Waals surface area (Å²) >= 11 is 0. The van der Waals surface area contributed by atoms with Gasteiger partial charge in [0.25, 0.3) is 0 Å². The summed E-state index contributed by atoms with van der Waals surface area (Å²) in [5, 5.41) is 9.87. The standard InChI is InChI=1S/C12H13NO2/c1-3-13-8(2)7-10-9(12(14)15)5-4-6-11(10)13/h4-7H,3H2,1-2H3,(H,14,15). The largest absolute Gasteiger partial charge is 0.478 e. The van der Waals surface area contributed by atoms with Crippen molar-refractivity contribution in [2.45, 2.75) is 20.4 Å². The number of aromatic carboxylic acids is 1. The Hall–Kier alpha value is -1.77. The fourth-order valence-electron chi connectivity index (χ4n) is 2.02. The van der Waals surface area contributed by atoms with Crippen molar-refractivity contribution in [3.05, 3.63) is 35.5 Å². The molecule has 0 bridgehead atoms. The molecule has 0 aliphatic heterocycles. The highest BCUT2D eigenvalue weighted by Gasteiger charge is 2.11. The molecule has 3 nitrogen and oxygen atoms in total. The molecule has 0 amide bonds. The molecule has 78 valence electrons. The first kappa shape index (κ1) is 9.77. The van der Waals surface area contributed by atoms with E-state index in [1.807, 2.05) is 19.1 Å². The highest BCUT2D eigenvalue weighted by atomic mass is 16.4. The molecule has 1 N–H and O–H groups in total. The molecule has 0 atom stereocenters. The lowest BCUT2D eigenvalue weighted by Crippen LogP contribution is -1.98. The third kappa shape index (κ3) is 1.40. The normalized spacial score (nSPS) is 10.8. The Morgan fingerprint density at radius 2 is 2.20 bits per heavy atom. The number of nitrogens with zero attached hydrogens (tertiary/aromatic N) is 1. The van der Waals surface area contributed by atoms with E-state index in [9.17, 15) is 4.79 Å². The molecule has 1 heterocycles. The molecule has 2 rings (SSSR count). The summed E-state index contributed by atoms with van der Waals surface area (Å²) in [5.74, 6) is -0.867. The molecule has 0 spiro atoms. The average Bonchev–Trinajstić information content (AvgIpc) is 2.52. The zero-order valence-electron chi connectivity index (χ0n) is 8.82. The molecule has 0 aliphatic carbocycles. The van der Waals surface area contributed by atoms with Crippen LogP contribution in [0.15, 0.2) is 24.3 Å². The zero-order valence-corrected chi connectivity index (χ0v) is 8.82. The van der Waals surface area contributed by atoms with Crippen molar-refractivity contribution in [3.8, 4) is 0 Å². The maximum Gasteiger partial charge on any atom is 0.336 e. The maximum atomic E-state index is 11.0. The van der Waals surface area contributed by atoms with Gasteiger partial charge >= 0.3 is 5.97 Å². The third-order valence-corrected chi connectivity index (χ3v) is 2.70. The van der Waals surface area contributed by atoms with Crippen molar-refractivity contribution < 1.29 is 9.90 Å². The minimum atomic E-state index is -0.867. The second-order valence-corrected chi connectivity index (χ2v) is 3.57. The van der Waals surface area contributed by atoms with Crippen LogP contribution in [-0.2, 0) is 6.54 Å². The first-order chi connectivity index (χ1) is 7.15. The number of carboxylic acid groups (broad SMARTS) is 1. The van der Waals surface area contributed by atoms with Gasteiger partial charge in [0.15, 0.2) is 0 Å². The first-order valence-corrected chi connectivity index (χ1v) is 4.97. The van der Waals surface area contributed by atoms with Crippen molar-refractivity contribution in [2.24, 2.45) is 0 Å². The Kier molecular flexibility index (Phi) is 2.23. The van der Waals surface area contributed by atoms with Gasteiger partial charge in [-0.1, -0.05) is 6.07 Å². The van der Waals surface area contributed by atoms with Gasteiger partial charge in [-0.05, 0) is 32.0 Å². The molecule has 15 heavy (non-hydrogen) atoms. The second kappa shape index (κ2) is 3.42. The Morgan fingerprint density at radius 1 is 1.47 bits per heavy atom. The van der Waals surface area contributed by atoms with Crippen LogP contribution in [0.2, 0.25) is 0 Å². The van der Waals surface area contributed by atoms with E-state index in [0.717, 1.165) is 23.1 Å². The van der Waals surface area contributed by atoms with Crippen LogP contribution in [0.1, 0.15) is 23.0 Å². The van der Waals surface area contributed by atoms with Gasteiger partial charge in [-0.2, -0.15) is 0 Å². The molecule has 0 fully saturated rings. The van der Waals surface area contributed by atoms with Gasteiger partial charge in [0.1, 0.15) is 0 Å². The predicted molar refractivity (Wildman–Crippen MR) is 59.3 cm³/mol. The Bertz CT molecular complexity index is 526. The van der Waals surface area contributed by atoms with E-state index >= 15 is 0 Å². The van der Waals surface area contributed by atoms with Crippen molar-refractivity contribution in [1.82, 2.24) is 4.57 Å². The Labute approximate surface area is 87.9 Å². The van der Waals surface area contributed by atoms with E-state index in [2.05, 4.69) is 11.5 Å². The lowest BCUT2D eigenvalue weighted by molar-refractivity contribution is 0.0699. The van der Waals surface area contributed by atoms with Crippen molar-refractivity contribution >= 4 is 16.9 Å². The minimum absolute atomic E-state index is 0.378. The molecule has 0 aliphatic rings. The van der Waals surface area contributed by atoms with Gasteiger partial charge in [0.05, 0.1) is 5.56 Å². The molecular weight excluding hydrogens is 190 g/mol. The summed E-state index contributed by atoms with van der Waals surface area (Å²) in [6, 6.07) is 7.32. The average molecular weight is 203 g/mol. The molecular formula is C12H13NO2. The van der Waals surface area contributed by atoms with Crippen LogP contribution >= 0.6 is 0 Å². The molecule has 2 aromatic rings. The van der Waals surface area contributed by atoms with Gasteiger partial charge < -0.3 is 9.67 Å². The number of aryl methyl sites for hydroxylation is 2. The summed E-state index contributed by atoms with van der Waals surface area (Å²) in [7, 11) is 0. The third-order valence-electron chi connectivity index (χ3n) is 2.70. The number of benzene rings is 1. The minimum Gasteiger partial charge on any atom is -0.478 e. The molecule has 0 unspecified atom stereocenters. The summed E-state index contributed by atoms with van der Waals surface area (Å²) in [6.07, 6.45) is 0. The van der Waals surface area contributed by atoms with E-state index in [4.69, 9.17) is 5.11 Å². The zero-order chi connectivity index (χ0) is 11.0. The highest BCUT2D eigenvalue weighted by Crippen LogP contribution is 2.23. The number of aromatic nitrogens is 1. The Morgan fingerprint density at radius 3 is 2.80 bits per heavy atom. The van der Waals surface area contributed by atoms with E-state index < -0.39 is 5.97 Å². The van der Waals surface area contributed by atoms with Gasteiger partial charge in [-0.15, -0.1) is 0 Å². The fourth-order valence-corrected chi connectivity index (χ4v) is 2.02. The van der Waals surface area contributed by atoms with E-state index in [-0.39, 0.29) is 0 Å². The maximum absolute atomic E-state index is 11.0. The molecule has 1 aromatic heterocycles. The number of carbonyl (C=O) groups is 1. The van der Waals surface area contributed by atoms with Crippen LogP contribution in [-0.4, -0.2) is 15.6 Å². The summed E-state index contributed by atoms with van der Waals surface area (Å²) in [6.45, 7) is 4.91. The molecule has 1 aromatic carbocycles. The topological polar surface area (TPSA) is 42.2 Å². The lowest BCUT2D eigenvalue weighted by atomic mass is 10.1. The van der Waals surface area contributed by atoms with Crippen molar-refractivity contribution in [3.63, 3.8) is 0 Å². The van der Waals surface area contributed by atoms with Crippen molar-refractivity contribution in [2.75, 3.05) is 0 Å². The molecule has 3 heteroatoms. The van der Waals surface area contributed by atoms with E-state index in [1.165, 1.54) is 0 Å². The van der Waals surface area contributed by atoms with Crippen LogP contribution in [0, 0.1) is 6.92 Å². The quantitative estimate of drug-likeness (QED) is 0.815. The second-order valence-electron chi connectivity index (χ2n) is 3.57. The van der Waals surface area contributed by atoms with Gasteiger partial charge in [-0.25, -0.2) is 4.79 Å². The van der Waals surface area contributed by atoms with E-state index in [1.54, 1.807) is 12.1 Å². The predicted octanol–water partition coefficient (Wildman–Crippen LogP) is 2.67. The van der Waals surface area contributed by atoms with Crippen LogP contribution in [0.4, 0.5) is 0 Å². The molecule has 0 saturated carbocycles. The highest BCUT2D eigenvalue weighted by molar-refractivity contribution is 6.03. The number of hydrogen-bond donors (Lipinski definition) is 1. The van der Waals surface area contributed by atoms with Gasteiger partial charge in [0.2, 0.25) is 0 Å². The number of hydrogen-bond acceptors (Lipinski definition) is 1. The van der Waals surface area contributed by atoms with Crippen LogP contribution < -0.4 is 0 Å². The van der Waals surface area contributed by atoms with E-state index in [0.29, 0.717) is 5.56 Å². The van der Waals surface area contributed by atoms with Crippen LogP contribution in [0.5, 0.6) is 0 Å². The van der Waals surface area contributed by atoms with Crippen LogP contribution in [0.25, 0.3) is 10.9 Å². The summed E-state index contributed by atoms with van der Waals surface area (Å²) in [4.78, 5) is 11.0. The van der Waals surface area contributed by atoms with Crippen LogP contribution in [0.3, 0.4) is 0 Å². The number of carboxylic acids is 1. The lowest BCUT2D eigenvalue weighted by Gasteiger charge is -2.03. The number of fused-ring (bicyclic) bond motifs is 1. The van der Waals surface area contributed by atoms with Crippen molar-refractivity contribution in [1.29, 1.82) is 0 Å². The summed E-state index contributed by atoms with van der Waals surface area (Å²) < 4.78 is 2.11. The smallest absolute Gasteiger partial charge is 0.336 e. The fraction of sp³-hybridized carbons (Fsp3) is 0.250. The SMILES string of the molecule is CCn1c(C)cc2c(C(=O)O)cccc21.